The van der Waals surface area contributed by atoms with Crippen molar-refractivity contribution in [2.24, 2.45) is 0 Å². The van der Waals surface area contributed by atoms with Gasteiger partial charge in [-0.1, -0.05) is 57.4 Å². The number of Topliss-reactive ketones (excluding diaryl/α,β-unsaturated/α-hetero) is 1. The summed E-state index contributed by atoms with van der Waals surface area (Å²) in [5, 5.41) is 18.3. The Morgan fingerprint density at radius 3 is 2.07 bits per heavy atom. The van der Waals surface area contributed by atoms with E-state index in [-0.39, 0.29) is 29.8 Å². The summed E-state index contributed by atoms with van der Waals surface area (Å²) in [6.07, 6.45) is 15.2. The van der Waals surface area contributed by atoms with Crippen molar-refractivity contribution >= 4 is 23.5 Å². The van der Waals surface area contributed by atoms with Crippen LogP contribution in [-0.4, -0.2) is 33.7 Å². The van der Waals surface area contributed by atoms with Crippen LogP contribution in [0.3, 0.4) is 0 Å². The van der Waals surface area contributed by atoms with Gasteiger partial charge in [-0.25, -0.2) is 4.79 Å². The molecule has 0 fully saturated rings. The molecule has 0 aromatic rings. The molecule has 0 bridgehead atoms. The van der Waals surface area contributed by atoms with Gasteiger partial charge in [-0.15, -0.1) is 0 Å². The summed E-state index contributed by atoms with van der Waals surface area (Å²) in [6.45, 7) is 0. The molecule has 0 radical (unpaired) electrons. The molecule has 0 unspecified atom stereocenters. The van der Waals surface area contributed by atoms with Crippen molar-refractivity contribution in [3.63, 3.8) is 0 Å². The van der Waals surface area contributed by atoms with Gasteiger partial charge < -0.3 is 10.2 Å². The zero-order chi connectivity index (χ0) is 22.2. The first-order chi connectivity index (χ1) is 14.4. The van der Waals surface area contributed by atoms with Crippen molar-refractivity contribution in [3.05, 3.63) is 23.3 Å². The Kier molecular flexibility index (Phi) is 13.4. The van der Waals surface area contributed by atoms with E-state index in [1.54, 1.807) is 6.08 Å². The Labute approximate surface area is 179 Å². The number of allylic oxidation sites excluding steroid dienone is 3. The Hall–Kier alpha value is -2.24. The summed E-state index contributed by atoms with van der Waals surface area (Å²) in [7, 11) is 0. The Morgan fingerprint density at radius 2 is 1.40 bits per heavy atom. The third kappa shape index (κ3) is 11.1. The van der Waals surface area contributed by atoms with Crippen LogP contribution in [0.25, 0.3) is 0 Å². The number of carbonyl (C=O) groups is 4. The predicted molar refractivity (Wildman–Crippen MR) is 115 cm³/mol. The first-order valence-electron chi connectivity index (χ1n) is 11.4. The summed E-state index contributed by atoms with van der Waals surface area (Å²) in [6, 6.07) is 0. The maximum Gasteiger partial charge on any atom is 0.340 e. The average Bonchev–Trinajstić information content (AvgIpc) is 2.69. The van der Waals surface area contributed by atoms with Crippen LogP contribution in [0, 0.1) is 0 Å². The number of hydrogen-bond acceptors (Lipinski definition) is 4. The van der Waals surface area contributed by atoms with Crippen molar-refractivity contribution in [2.45, 2.75) is 103 Å². The van der Waals surface area contributed by atoms with Crippen molar-refractivity contribution in [2.75, 3.05) is 0 Å². The quantitative estimate of drug-likeness (QED) is 0.362. The van der Waals surface area contributed by atoms with E-state index in [2.05, 4.69) is 0 Å². The normalized spacial score (nSPS) is 18.1. The maximum absolute atomic E-state index is 12.8. The molecule has 30 heavy (non-hydrogen) atoms. The molecule has 0 atom stereocenters. The van der Waals surface area contributed by atoms with Crippen LogP contribution < -0.4 is 0 Å². The molecule has 0 spiro atoms. The first kappa shape index (κ1) is 25.8. The third-order valence-corrected chi connectivity index (χ3v) is 5.46. The highest BCUT2D eigenvalue weighted by Crippen LogP contribution is 2.21. The molecule has 6 heteroatoms. The number of rotatable bonds is 10. The highest BCUT2D eigenvalue weighted by atomic mass is 16.4. The average molecular weight is 421 g/mol. The molecular formula is C24H36O6. The number of carboxylic acid groups (broad SMARTS) is 2. The monoisotopic (exact) mass is 420 g/mol. The lowest BCUT2D eigenvalue weighted by molar-refractivity contribution is -0.137. The maximum atomic E-state index is 12.8. The van der Waals surface area contributed by atoms with Gasteiger partial charge in [0.1, 0.15) is 5.57 Å². The topological polar surface area (TPSA) is 109 Å². The minimum atomic E-state index is -1.33. The highest BCUT2D eigenvalue weighted by molar-refractivity contribution is 6.25. The van der Waals surface area contributed by atoms with Crippen LogP contribution in [-0.2, 0) is 19.2 Å². The predicted octanol–water partition coefficient (Wildman–Crippen LogP) is 5.40. The fourth-order valence-corrected chi connectivity index (χ4v) is 3.75. The van der Waals surface area contributed by atoms with Crippen LogP contribution in [0.5, 0.6) is 0 Å². The third-order valence-electron chi connectivity index (χ3n) is 5.46. The molecule has 0 amide bonds. The van der Waals surface area contributed by atoms with E-state index in [0.29, 0.717) is 19.3 Å². The second-order valence-corrected chi connectivity index (χ2v) is 8.02. The van der Waals surface area contributed by atoms with E-state index in [9.17, 15) is 24.3 Å². The Balaban J connectivity index is 2.76. The molecule has 6 nitrogen and oxygen atoms in total. The van der Waals surface area contributed by atoms with E-state index >= 15 is 0 Å². The minimum Gasteiger partial charge on any atom is -0.481 e. The van der Waals surface area contributed by atoms with Gasteiger partial charge in [0, 0.05) is 18.4 Å². The number of aliphatic carboxylic acids is 2. The molecule has 1 rings (SSSR count). The van der Waals surface area contributed by atoms with Crippen LogP contribution in [0.2, 0.25) is 0 Å². The zero-order valence-electron chi connectivity index (χ0n) is 18.0. The fourth-order valence-electron chi connectivity index (χ4n) is 3.75. The van der Waals surface area contributed by atoms with Crippen molar-refractivity contribution < 1.29 is 29.4 Å². The lowest BCUT2D eigenvalue weighted by Gasteiger charge is -2.11. The molecule has 0 aromatic carbocycles. The molecule has 1 aliphatic rings. The lowest BCUT2D eigenvalue weighted by atomic mass is 9.91. The Bertz CT molecular complexity index is 644. The summed E-state index contributed by atoms with van der Waals surface area (Å²) >= 11 is 0. The van der Waals surface area contributed by atoms with Gasteiger partial charge >= 0.3 is 11.9 Å². The van der Waals surface area contributed by atoms with E-state index < -0.39 is 17.7 Å². The van der Waals surface area contributed by atoms with Gasteiger partial charge in [-0.3, -0.25) is 14.4 Å². The molecule has 0 saturated carbocycles. The van der Waals surface area contributed by atoms with Crippen LogP contribution in [0.15, 0.2) is 23.3 Å². The zero-order valence-corrected chi connectivity index (χ0v) is 18.0. The molecule has 0 heterocycles. The van der Waals surface area contributed by atoms with Gasteiger partial charge in [-0.05, 0) is 44.6 Å². The number of hydrogen-bond donors (Lipinski definition) is 2. The molecule has 168 valence electrons. The number of unbranched alkanes of at least 4 members (excludes halogenated alkanes) is 5. The van der Waals surface area contributed by atoms with Gasteiger partial charge in [0.2, 0.25) is 0 Å². The summed E-state index contributed by atoms with van der Waals surface area (Å²) < 4.78 is 0. The van der Waals surface area contributed by atoms with Gasteiger partial charge in [0.15, 0.2) is 11.6 Å². The second kappa shape index (κ2) is 15.6. The van der Waals surface area contributed by atoms with Gasteiger partial charge in [0.25, 0.3) is 0 Å². The largest absolute Gasteiger partial charge is 0.481 e. The first-order valence-corrected chi connectivity index (χ1v) is 11.4. The van der Waals surface area contributed by atoms with Crippen LogP contribution in [0.4, 0.5) is 0 Å². The van der Waals surface area contributed by atoms with Crippen molar-refractivity contribution in [1.82, 2.24) is 0 Å². The summed E-state index contributed by atoms with van der Waals surface area (Å²) in [5.41, 5.74) is -0.199. The van der Waals surface area contributed by atoms with Gasteiger partial charge in [-0.2, -0.15) is 0 Å². The SMILES string of the molecule is O=C(O)CCCCCCCCC1=C(C(=O)O)C(=O)/C=C/CCCCCCCCC1=O. The summed E-state index contributed by atoms with van der Waals surface area (Å²) in [4.78, 5) is 47.6. The van der Waals surface area contributed by atoms with Gasteiger partial charge in [0.05, 0.1) is 0 Å². The van der Waals surface area contributed by atoms with E-state index in [4.69, 9.17) is 5.11 Å². The van der Waals surface area contributed by atoms with Crippen LogP contribution >= 0.6 is 0 Å². The smallest absolute Gasteiger partial charge is 0.340 e. The number of carbonyl (C=O) groups excluding carboxylic acids is 2. The molecule has 0 saturated heterocycles. The lowest BCUT2D eigenvalue weighted by Crippen LogP contribution is -2.18. The van der Waals surface area contributed by atoms with E-state index in [0.717, 1.165) is 70.6 Å². The standard InChI is InChI=1S/C24H36O6/c25-20-16-12-8-3-1-2-4-9-13-17-21(26)23(24(29)30)19(20)15-11-7-5-6-10-14-18-22(27)28/h13,17H,1-12,14-16,18H2,(H,27,28)(H,29,30)/b17-13+,23-19?. The van der Waals surface area contributed by atoms with Crippen molar-refractivity contribution in [1.29, 1.82) is 0 Å². The Morgan fingerprint density at radius 1 is 0.800 bits per heavy atom. The molecule has 0 aromatic heterocycles. The molecule has 2 N–H and O–H groups in total. The fraction of sp³-hybridized carbons (Fsp3) is 0.667. The van der Waals surface area contributed by atoms with E-state index in [1.165, 1.54) is 6.08 Å². The minimum absolute atomic E-state index is 0.167. The summed E-state index contributed by atoms with van der Waals surface area (Å²) in [5.74, 6) is -2.91. The second-order valence-electron chi connectivity index (χ2n) is 8.02. The number of carboxylic acids is 2. The molecular weight excluding hydrogens is 384 g/mol. The highest BCUT2D eigenvalue weighted by Gasteiger charge is 2.24. The molecule has 1 aliphatic carbocycles. The van der Waals surface area contributed by atoms with Crippen LogP contribution in [0.1, 0.15) is 103 Å². The number of ketones is 2. The molecule has 0 aliphatic heterocycles. The van der Waals surface area contributed by atoms with Crippen molar-refractivity contribution in [3.8, 4) is 0 Å². The van der Waals surface area contributed by atoms with E-state index in [1.807, 2.05) is 0 Å².